The van der Waals surface area contributed by atoms with Crippen molar-refractivity contribution in [3.8, 4) is 11.5 Å². The maximum absolute atomic E-state index is 5.57. The fraction of sp³-hybridized carbons (Fsp3) is 0.333. The summed E-state index contributed by atoms with van der Waals surface area (Å²) in [6.45, 7) is 3.84. The number of hydrogen-bond acceptors (Lipinski definition) is 5. The first-order valence-corrected chi connectivity index (χ1v) is 4.91. The van der Waals surface area contributed by atoms with E-state index in [4.69, 9.17) is 16.0 Å². The lowest BCUT2D eigenvalue weighted by Crippen LogP contribution is -1.97. The second kappa shape index (κ2) is 3.94. The molecular formula is C9H9ClN4O. The van der Waals surface area contributed by atoms with Crippen molar-refractivity contribution >= 4 is 11.6 Å². The van der Waals surface area contributed by atoms with Gasteiger partial charge in [-0.1, -0.05) is 12.0 Å². The first kappa shape index (κ1) is 10.0. The van der Waals surface area contributed by atoms with Crippen molar-refractivity contribution in [2.75, 3.05) is 0 Å². The third kappa shape index (κ3) is 1.97. The van der Waals surface area contributed by atoms with E-state index in [-0.39, 0.29) is 5.35 Å². The monoisotopic (exact) mass is 224 g/mol. The van der Waals surface area contributed by atoms with Gasteiger partial charge in [-0.15, -0.1) is 5.10 Å². The molecule has 0 radical (unpaired) electrons. The highest BCUT2D eigenvalue weighted by Gasteiger charge is 2.12. The van der Waals surface area contributed by atoms with Crippen LogP contribution in [0.2, 0.25) is 5.35 Å². The summed E-state index contributed by atoms with van der Waals surface area (Å²) in [7, 11) is 0. The largest absolute Gasteiger partial charge is 0.407 e. The molecule has 0 atom stereocenters. The third-order valence-electron chi connectivity index (χ3n) is 1.96. The summed E-state index contributed by atoms with van der Waals surface area (Å²) in [5.74, 6) is 0.384. The zero-order valence-corrected chi connectivity index (χ0v) is 9.12. The third-order valence-corrected chi connectivity index (χ3v) is 2.11. The van der Waals surface area contributed by atoms with Crippen LogP contribution in [0.5, 0.6) is 0 Å². The zero-order valence-electron chi connectivity index (χ0n) is 8.36. The molecule has 0 aliphatic carbocycles. The molecule has 0 unspecified atom stereocenters. The van der Waals surface area contributed by atoms with E-state index in [1.807, 2.05) is 19.9 Å². The average molecular weight is 225 g/mol. The molecule has 0 aliphatic rings. The Balaban J connectivity index is 2.55. The maximum atomic E-state index is 5.57. The predicted octanol–water partition coefficient (Wildman–Crippen LogP) is 2.05. The fourth-order valence-corrected chi connectivity index (χ4v) is 1.39. The summed E-state index contributed by atoms with van der Waals surface area (Å²) in [5, 5.41) is 15.5. The Morgan fingerprint density at radius 3 is 2.67 bits per heavy atom. The normalized spacial score (nSPS) is 10.6. The SMILES string of the molecule is CCc1nnc(C)cc1-c1nnc(Cl)o1. The van der Waals surface area contributed by atoms with Crippen LogP contribution in [0, 0.1) is 6.92 Å². The molecule has 0 N–H and O–H groups in total. The van der Waals surface area contributed by atoms with E-state index in [0.29, 0.717) is 5.89 Å². The minimum atomic E-state index is 0.0292. The van der Waals surface area contributed by atoms with Gasteiger partial charge in [-0.3, -0.25) is 0 Å². The minimum Gasteiger partial charge on any atom is -0.407 e. The average Bonchev–Trinajstić information content (AvgIpc) is 2.65. The number of halogens is 1. The van der Waals surface area contributed by atoms with Crippen LogP contribution in [-0.4, -0.2) is 20.4 Å². The highest BCUT2D eigenvalue weighted by atomic mass is 35.5. The standard InChI is InChI=1S/C9H9ClN4O/c1-3-7-6(4-5(2)11-12-7)8-13-14-9(10)15-8/h4H,3H2,1-2H3. The van der Waals surface area contributed by atoms with Crippen molar-refractivity contribution in [2.24, 2.45) is 0 Å². The molecule has 78 valence electrons. The Kier molecular flexibility index (Phi) is 2.64. The molecule has 0 saturated carbocycles. The van der Waals surface area contributed by atoms with Gasteiger partial charge in [0.25, 0.3) is 5.89 Å². The zero-order chi connectivity index (χ0) is 10.8. The van der Waals surface area contributed by atoms with Crippen LogP contribution in [0.15, 0.2) is 10.5 Å². The molecule has 2 aromatic rings. The van der Waals surface area contributed by atoms with Crippen molar-refractivity contribution in [2.45, 2.75) is 20.3 Å². The second-order valence-electron chi connectivity index (χ2n) is 3.06. The van der Waals surface area contributed by atoms with E-state index < -0.39 is 0 Å². The lowest BCUT2D eigenvalue weighted by atomic mass is 10.1. The predicted molar refractivity (Wildman–Crippen MR) is 54.4 cm³/mol. The molecule has 0 aliphatic heterocycles. The van der Waals surface area contributed by atoms with Crippen LogP contribution in [0.25, 0.3) is 11.5 Å². The van der Waals surface area contributed by atoms with E-state index in [0.717, 1.165) is 23.4 Å². The molecule has 5 nitrogen and oxygen atoms in total. The van der Waals surface area contributed by atoms with Crippen LogP contribution in [0.3, 0.4) is 0 Å². The first-order chi connectivity index (χ1) is 7.20. The van der Waals surface area contributed by atoms with Crippen LogP contribution in [0.4, 0.5) is 0 Å². The molecule has 15 heavy (non-hydrogen) atoms. The summed E-state index contributed by atoms with van der Waals surface area (Å²) < 4.78 is 5.14. The lowest BCUT2D eigenvalue weighted by Gasteiger charge is -2.01. The van der Waals surface area contributed by atoms with Crippen LogP contribution >= 0.6 is 11.6 Å². The summed E-state index contributed by atoms with van der Waals surface area (Å²) in [5.41, 5.74) is 2.42. The topological polar surface area (TPSA) is 64.7 Å². The molecule has 6 heteroatoms. The van der Waals surface area contributed by atoms with Crippen molar-refractivity contribution in [1.29, 1.82) is 0 Å². The highest BCUT2D eigenvalue weighted by Crippen LogP contribution is 2.22. The van der Waals surface area contributed by atoms with E-state index in [9.17, 15) is 0 Å². The van der Waals surface area contributed by atoms with Gasteiger partial charge in [0.1, 0.15) is 0 Å². The summed E-state index contributed by atoms with van der Waals surface area (Å²) >= 11 is 5.57. The maximum Gasteiger partial charge on any atom is 0.313 e. The van der Waals surface area contributed by atoms with Crippen LogP contribution < -0.4 is 0 Å². The molecule has 0 amide bonds. The van der Waals surface area contributed by atoms with Gasteiger partial charge in [-0.2, -0.15) is 10.2 Å². The van der Waals surface area contributed by atoms with E-state index in [2.05, 4.69) is 20.4 Å². The van der Waals surface area contributed by atoms with Crippen LogP contribution in [0.1, 0.15) is 18.3 Å². The molecule has 2 rings (SSSR count). The van der Waals surface area contributed by atoms with E-state index >= 15 is 0 Å². The molecule has 0 aromatic carbocycles. The molecule has 2 heterocycles. The summed E-state index contributed by atoms with van der Waals surface area (Å²) in [6, 6.07) is 1.86. The number of aromatic nitrogens is 4. The molecule has 0 bridgehead atoms. The van der Waals surface area contributed by atoms with Gasteiger partial charge in [0.05, 0.1) is 17.0 Å². The molecule has 0 saturated heterocycles. The van der Waals surface area contributed by atoms with Gasteiger partial charge < -0.3 is 4.42 Å². The number of aryl methyl sites for hydroxylation is 2. The number of rotatable bonds is 2. The van der Waals surface area contributed by atoms with Gasteiger partial charge in [0.2, 0.25) is 0 Å². The summed E-state index contributed by atoms with van der Waals surface area (Å²) in [4.78, 5) is 0. The minimum absolute atomic E-state index is 0.0292. The van der Waals surface area contributed by atoms with E-state index in [1.165, 1.54) is 0 Å². The lowest BCUT2D eigenvalue weighted by molar-refractivity contribution is 0.569. The first-order valence-electron chi connectivity index (χ1n) is 4.53. The quantitative estimate of drug-likeness (QED) is 0.781. The Bertz CT molecular complexity index is 483. The smallest absolute Gasteiger partial charge is 0.313 e. The molecule has 2 aromatic heterocycles. The van der Waals surface area contributed by atoms with Gasteiger partial charge >= 0.3 is 5.35 Å². The fourth-order valence-electron chi connectivity index (χ4n) is 1.27. The van der Waals surface area contributed by atoms with E-state index in [1.54, 1.807) is 0 Å². The number of hydrogen-bond donors (Lipinski definition) is 0. The Morgan fingerprint density at radius 2 is 2.07 bits per heavy atom. The second-order valence-corrected chi connectivity index (χ2v) is 3.38. The molecule has 0 fully saturated rings. The summed E-state index contributed by atoms with van der Waals surface area (Å²) in [6.07, 6.45) is 0.753. The Hall–Kier alpha value is -1.49. The van der Waals surface area contributed by atoms with Crippen molar-refractivity contribution < 1.29 is 4.42 Å². The van der Waals surface area contributed by atoms with Gasteiger partial charge in [-0.25, -0.2) is 0 Å². The Labute approximate surface area is 91.5 Å². The van der Waals surface area contributed by atoms with Gasteiger partial charge in [0, 0.05) is 0 Å². The molecule has 0 spiro atoms. The highest BCUT2D eigenvalue weighted by molar-refractivity contribution is 6.27. The van der Waals surface area contributed by atoms with Gasteiger partial charge in [-0.05, 0) is 31.0 Å². The van der Waals surface area contributed by atoms with Crippen LogP contribution in [-0.2, 0) is 6.42 Å². The Morgan fingerprint density at radius 1 is 1.27 bits per heavy atom. The van der Waals surface area contributed by atoms with Crippen molar-refractivity contribution in [3.05, 3.63) is 22.8 Å². The number of nitrogens with zero attached hydrogens (tertiary/aromatic N) is 4. The van der Waals surface area contributed by atoms with Crippen molar-refractivity contribution in [3.63, 3.8) is 0 Å². The molecular weight excluding hydrogens is 216 g/mol. The van der Waals surface area contributed by atoms with Crippen molar-refractivity contribution in [1.82, 2.24) is 20.4 Å². The van der Waals surface area contributed by atoms with Gasteiger partial charge in [0.15, 0.2) is 0 Å².